The third kappa shape index (κ3) is 2.98. The number of nitrogens with zero attached hydrogens (tertiary/aromatic N) is 2. The molecule has 1 fully saturated rings. The van der Waals surface area contributed by atoms with Gasteiger partial charge < -0.3 is 20.0 Å². The van der Waals surface area contributed by atoms with Crippen LogP contribution >= 0.6 is 0 Å². The molecule has 0 bridgehead atoms. The highest BCUT2D eigenvalue weighted by molar-refractivity contribution is 5.94. The number of aromatic hydroxyl groups is 2. The molecule has 1 atom stereocenters. The van der Waals surface area contributed by atoms with Crippen LogP contribution in [0, 0.1) is 0 Å². The second-order valence-electron chi connectivity index (χ2n) is 5.17. The Labute approximate surface area is 113 Å². The van der Waals surface area contributed by atoms with Crippen molar-refractivity contribution in [2.75, 3.05) is 27.2 Å². The number of amides is 1. The molecule has 1 amide bonds. The van der Waals surface area contributed by atoms with Crippen LogP contribution in [0.4, 0.5) is 0 Å². The van der Waals surface area contributed by atoms with E-state index < -0.39 is 0 Å². The van der Waals surface area contributed by atoms with Crippen molar-refractivity contribution in [1.82, 2.24) is 9.80 Å². The van der Waals surface area contributed by atoms with Crippen molar-refractivity contribution in [1.29, 1.82) is 0 Å². The molecular weight excluding hydrogens is 244 g/mol. The Balaban J connectivity index is 2.03. The Hall–Kier alpha value is -1.75. The molecule has 1 aliphatic rings. The summed E-state index contributed by atoms with van der Waals surface area (Å²) in [5.41, 5.74) is 0.387. The number of phenols is 2. The molecule has 5 nitrogen and oxygen atoms in total. The molecule has 19 heavy (non-hydrogen) atoms. The Bertz CT molecular complexity index is 476. The second-order valence-corrected chi connectivity index (χ2v) is 5.17. The van der Waals surface area contributed by atoms with Gasteiger partial charge in [-0.05, 0) is 44.6 Å². The summed E-state index contributed by atoms with van der Waals surface area (Å²) in [6, 6.07) is 4.55. The molecule has 1 heterocycles. The molecule has 0 radical (unpaired) electrons. The fourth-order valence-corrected chi connectivity index (χ4v) is 2.49. The number of benzene rings is 1. The first kappa shape index (κ1) is 13.7. The van der Waals surface area contributed by atoms with Crippen LogP contribution in [-0.4, -0.2) is 59.1 Å². The van der Waals surface area contributed by atoms with Gasteiger partial charge >= 0.3 is 0 Å². The van der Waals surface area contributed by atoms with Gasteiger partial charge in [-0.15, -0.1) is 0 Å². The predicted molar refractivity (Wildman–Crippen MR) is 72.4 cm³/mol. The lowest BCUT2D eigenvalue weighted by Crippen LogP contribution is -2.39. The van der Waals surface area contributed by atoms with Crippen molar-refractivity contribution >= 4 is 5.91 Å². The average Bonchev–Trinajstić information content (AvgIpc) is 2.77. The molecule has 5 heteroatoms. The van der Waals surface area contributed by atoms with E-state index in [9.17, 15) is 15.0 Å². The van der Waals surface area contributed by atoms with Crippen LogP contribution in [-0.2, 0) is 0 Å². The van der Waals surface area contributed by atoms with Crippen LogP contribution in [0.15, 0.2) is 18.2 Å². The third-order valence-corrected chi connectivity index (χ3v) is 3.73. The van der Waals surface area contributed by atoms with Gasteiger partial charge in [0.2, 0.25) is 0 Å². The van der Waals surface area contributed by atoms with Crippen LogP contribution < -0.4 is 0 Å². The van der Waals surface area contributed by atoms with Gasteiger partial charge in [0.05, 0.1) is 0 Å². The number of likely N-dealkylation sites (tertiary alicyclic amines) is 1. The number of carbonyl (C=O) groups is 1. The van der Waals surface area contributed by atoms with Gasteiger partial charge in [-0.2, -0.15) is 0 Å². The van der Waals surface area contributed by atoms with Crippen LogP contribution in [0.5, 0.6) is 11.5 Å². The van der Waals surface area contributed by atoms with Crippen LogP contribution in [0.1, 0.15) is 23.2 Å². The maximum Gasteiger partial charge on any atom is 0.253 e. The third-order valence-electron chi connectivity index (χ3n) is 3.73. The van der Waals surface area contributed by atoms with E-state index >= 15 is 0 Å². The van der Waals surface area contributed by atoms with Crippen LogP contribution in [0.25, 0.3) is 0 Å². The monoisotopic (exact) mass is 264 g/mol. The fourth-order valence-electron chi connectivity index (χ4n) is 2.49. The fraction of sp³-hybridized carbons (Fsp3) is 0.500. The lowest BCUT2D eigenvalue weighted by molar-refractivity contribution is 0.0761. The van der Waals surface area contributed by atoms with Gasteiger partial charge in [-0.1, -0.05) is 0 Å². The lowest BCUT2D eigenvalue weighted by Gasteiger charge is -2.26. The highest BCUT2D eigenvalue weighted by Gasteiger charge is 2.24. The lowest BCUT2D eigenvalue weighted by atomic mass is 10.1. The van der Waals surface area contributed by atoms with Gasteiger partial charge in [0, 0.05) is 25.2 Å². The van der Waals surface area contributed by atoms with E-state index in [0.717, 1.165) is 13.0 Å². The first-order valence-corrected chi connectivity index (χ1v) is 6.46. The largest absolute Gasteiger partial charge is 0.504 e. The SMILES string of the molecule is CN(CC1CCCN1C)C(=O)c1ccc(O)c(O)c1. The van der Waals surface area contributed by atoms with E-state index in [1.54, 1.807) is 11.9 Å². The molecule has 0 saturated carbocycles. The Morgan fingerprint density at radius 1 is 1.42 bits per heavy atom. The summed E-state index contributed by atoms with van der Waals surface area (Å²) in [5.74, 6) is -0.623. The number of hydrogen-bond acceptors (Lipinski definition) is 4. The summed E-state index contributed by atoms with van der Waals surface area (Å²) in [4.78, 5) is 16.1. The summed E-state index contributed by atoms with van der Waals surface area (Å²) in [6.45, 7) is 1.75. The molecular formula is C14H20N2O3. The van der Waals surface area contributed by atoms with E-state index in [0.29, 0.717) is 18.2 Å². The minimum Gasteiger partial charge on any atom is -0.504 e. The topological polar surface area (TPSA) is 64.0 Å². The second kappa shape index (κ2) is 5.48. The highest BCUT2D eigenvalue weighted by Crippen LogP contribution is 2.25. The van der Waals surface area contributed by atoms with E-state index in [1.165, 1.54) is 24.6 Å². The number of phenolic OH excluding ortho intramolecular Hbond substituents is 2. The van der Waals surface area contributed by atoms with Crippen molar-refractivity contribution in [2.24, 2.45) is 0 Å². The maximum absolute atomic E-state index is 12.2. The van der Waals surface area contributed by atoms with Crippen LogP contribution in [0.3, 0.4) is 0 Å². The first-order valence-electron chi connectivity index (χ1n) is 6.46. The standard InChI is InChI=1S/C14H20N2O3/c1-15-7-3-4-11(15)9-16(2)14(19)10-5-6-12(17)13(18)8-10/h5-6,8,11,17-18H,3-4,7,9H2,1-2H3. The van der Waals surface area contributed by atoms with Gasteiger partial charge in [0.1, 0.15) is 0 Å². The first-order chi connectivity index (χ1) is 8.99. The zero-order chi connectivity index (χ0) is 14.0. The van der Waals surface area contributed by atoms with Gasteiger partial charge in [-0.3, -0.25) is 4.79 Å². The number of rotatable bonds is 3. The van der Waals surface area contributed by atoms with E-state index in [1.807, 2.05) is 0 Å². The van der Waals surface area contributed by atoms with E-state index in [2.05, 4.69) is 11.9 Å². The van der Waals surface area contributed by atoms with Gasteiger partial charge in [-0.25, -0.2) is 0 Å². The van der Waals surface area contributed by atoms with Crippen molar-refractivity contribution in [3.8, 4) is 11.5 Å². The number of hydrogen-bond donors (Lipinski definition) is 2. The molecule has 104 valence electrons. The zero-order valence-corrected chi connectivity index (χ0v) is 11.3. The minimum absolute atomic E-state index is 0.143. The van der Waals surface area contributed by atoms with Crippen molar-refractivity contribution in [3.05, 3.63) is 23.8 Å². The average molecular weight is 264 g/mol. The molecule has 0 aliphatic carbocycles. The summed E-state index contributed by atoms with van der Waals surface area (Å²) in [5, 5.41) is 18.7. The Morgan fingerprint density at radius 3 is 2.74 bits per heavy atom. The summed E-state index contributed by atoms with van der Waals surface area (Å²) >= 11 is 0. The summed E-state index contributed by atoms with van der Waals surface area (Å²) < 4.78 is 0. The maximum atomic E-state index is 12.2. The predicted octanol–water partition coefficient (Wildman–Crippen LogP) is 1.26. The zero-order valence-electron chi connectivity index (χ0n) is 11.3. The van der Waals surface area contributed by atoms with Gasteiger partial charge in [0.15, 0.2) is 11.5 Å². The Kier molecular flexibility index (Phi) is 3.95. The Morgan fingerprint density at radius 2 is 2.16 bits per heavy atom. The summed E-state index contributed by atoms with van der Waals surface area (Å²) in [7, 11) is 3.83. The molecule has 1 aromatic carbocycles. The molecule has 1 saturated heterocycles. The number of carbonyl (C=O) groups excluding carboxylic acids is 1. The normalized spacial score (nSPS) is 19.6. The highest BCUT2D eigenvalue weighted by atomic mass is 16.3. The molecule has 2 N–H and O–H groups in total. The molecule has 1 aromatic rings. The van der Waals surface area contributed by atoms with Crippen molar-refractivity contribution in [2.45, 2.75) is 18.9 Å². The van der Waals surface area contributed by atoms with Crippen molar-refractivity contribution < 1.29 is 15.0 Å². The molecule has 0 spiro atoms. The molecule has 2 rings (SSSR count). The van der Waals surface area contributed by atoms with Gasteiger partial charge in [0.25, 0.3) is 5.91 Å². The van der Waals surface area contributed by atoms with E-state index in [4.69, 9.17) is 0 Å². The minimum atomic E-state index is -0.266. The quantitative estimate of drug-likeness (QED) is 0.807. The molecule has 1 aliphatic heterocycles. The number of likely N-dealkylation sites (N-methyl/N-ethyl adjacent to an activating group) is 2. The van der Waals surface area contributed by atoms with E-state index in [-0.39, 0.29) is 17.4 Å². The molecule has 1 unspecified atom stereocenters. The van der Waals surface area contributed by atoms with Crippen molar-refractivity contribution in [3.63, 3.8) is 0 Å². The van der Waals surface area contributed by atoms with Crippen LogP contribution in [0.2, 0.25) is 0 Å². The summed E-state index contributed by atoms with van der Waals surface area (Å²) in [6.07, 6.45) is 2.28. The molecule has 0 aromatic heterocycles. The smallest absolute Gasteiger partial charge is 0.253 e.